The van der Waals surface area contributed by atoms with Gasteiger partial charge in [-0.05, 0) is 30.9 Å². The van der Waals surface area contributed by atoms with Crippen molar-refractivity contribution >= 4 is 23.0 Å². The predicted octanol–water partition coefficient (Wildman–Crippen LogP) is 4.58. The molecule has 192 valence electrons. The number of benzene rings is 1. The first-order chi connectivity index (χ1) is 16.8. The molecule has 2 aromatic carbocycles. The maximum Gasteiger partial charge on any atom is 0.320 e. The second-order valence-corrected chi connectivity index (χ2v) is 10.3. The third-order valence-corrected chi connectivity index (χ3v) is 6.64. The van der Waals surface area contributed by atoms with Crippen molar-refractivity contribution in [1.29, 1.82) is 0 Å². The van der Waals surface area contributed by atoms with Gasteiger partial charge in [-0.15, -0.1) is 0 Å². The van der Waals surface area contributed by atoms with Crippen LogP contribution >= 0.6 is 0 Å². The number of carboxylic acid groups (broad SMARTS) is 1. The lowest BCUT2D eigenvalue weighted by atomic mass is 9.85. The number of aryl methyl sites for hydroxylation is 1. The van der Waals surface area contributed by atoms with Crippen LogP contribution in [0.5, 0.6) is 0 Å². The van der Waals surface area contributed by atoms with Gasteiger partial charge in [0.2, 0.25) is 0 Å². The first-order valence-corrected chi connectivity index (χ1v) is 11.7. The minimum atomic E-state index is -1.06. The van der Waals surface area contributed by atoms with Gasteiger partial charge < -0.3 is 20.2 Å². The van der Waals surface area contributed by atoms with Crippen molar-refractivity contribution in [2.24, 2.45) is 5.41 Å². The zero-order valence-electron chi connectivity index (χ0n) is 20.8. The van der Waals surface area contributed by atoms with Gasteiger partial charge in [-0.2, -0.15) is 0 Å². The molecule has 0 spiro atoms. The van der Waals surface area contributed by atoms with Crippen LogP contribution in [-0.4, -0.2) is 22.0 Å². The standard InChI is InChI=1S/C26H29F2N3O5/c1-6-17(25(34)35)31-10-13-14(11-31)19(16(28)9-15(13)27)29-20-21(23(33)22(20)32)30-24(26(3,4)5)18-8-7-12(2)36-18/h7-9,17,24,29-30H,6,10-11H2,1-5H3,(H,34,35)/t17-,24-/m0/s1. The summed E-state index contributed by atoms with van der Waals surface area (Å²) in [6, 6.07) is 2.93. The van der Waals surface area contributed by atoms with E-state index in [0.717, 1.165) is 0 Å². The number of hydrogen-bond donors (Lipinski definition) is 3. The fourth-order valence-corrected chi connectivity index (χ4v) is 4.70. The molecular formula is C26H29F2N3O5. The van der Waals surface area contributed by atoms with E-state index in [1.807, 2.05) is 20.8 Å². The van der Waals surface area contributed by atoms with Crippen LogP contribution in [0, 0.1) is 24.0 Å². The lowest BCUT2D eigenvalue weighted by Crippen LogP contribution is -2.39. The molecular weight excluding hydrogens is 472 g/mol. The van der Waals surface area contributed by atoms with Gasteiger partial charge in [0, 0.05) is 30.3 Å². The lowest BCUT2D eigenvalue weighted by molar-refractivity contribution is -0.143. The molecule has 1 aromatic heterocycles. The molecule has 0 aliphatic carbocycles. The van der Waals surface area contributed by atoms with Crippen molar-refractivity contribution < 1.29 is 23.1 Å². The number of halogens is 2. The summed E-state index contributed by atoms with van der Waals surface area (Å²) in [5, 5.41) is 15.3. The fraction of sp³-hybridized carbons (Fsp3) is 0.423. The third kappa shape index (κ3) is 4.41. The summed E-state index contributed by atoms with van der Waals surface area (Å²) in [6.45, 7) is 9.28. The second-order valence-electron chi connectivity index (χ2n) is 10.3. The number of nitrogens with zero attached hydrogens (tertiary/aromatic N) is 1. The SMILES string of the molecule is CC[C@@H](C(=O)O)N1Cc2c(F)cc(F)c(Nc3c(N[C@@H](c4ccc(C)o4)C(C)(C)C)c(=O)c3=O)c2C1. The van der Waals surface area contributed by atoms with Crippen molar-refractivity contribution in [2.45, 2.75) is 66.2 Å². The van der Waals surface area contributed by atoms with Crippen molar-refractivity contribution in [3.63, 3.8) is 0 Å². The molecule has 0 saturated heterocycles. The van der Waals surface area contributed by atoms with Crippen molar-refractivity contribution in [3.8, 4) is 0 Å². The van der Waals surface area contributed by atoms with Crippen LogP contribution in [0.2, 0.25) is 0 Å². The van der Waals surface area contributed by atoms with Crippen LogP contribution in [-0.2, 0) is 17.9 Å². The average molecular weight is 502 g/mol. The van der Waals surface area contributed by atoms with E-state index in [4.69, 9.17) is 4.42 Å². The highest BCUT2D eigenvalue weighted by molar-refractivity contribution is 5.81. The summed E-state index contributed by atoms with van der Waals surface area (Å²) < 4.78 is 35.3. The lowest BCUT2D eigenvalue weighted by Gasteiger charge is -2.31. The number of hydrogen-bond acceptors (Lipinski definition) is 7. The van der Waals surface area contributed by atoms with E-state index >= 15 is 0 Å². The topological polar surface area (TPSA) is 112 Å². The van der Waals surface area contributed by atoms with Gasteiger partial charge >= 0.3 is 5.97 Å². The molecule has 8 nitrogen and oxygen atoms in total. The van der Waals surface area contributed by atoms with E-state index in [1.54, 1.807) is 26.0 Å². The molecule has 2 atom stereocenters. The average Bonchev–Trinajstić information content (AvgIpc) is 3.41. The maximum atomic E-state index is 15.0. The van der Waals surface area contributed by atoms with E-state index in [0.29, 0.717) is 17.6 Å². The number of aliphatic carboxylic acids is 1. The molecule has 0 amide bonds. The number of fused-ring (bicyclic) bond motifs is 1. The van der Waals surface area contributed by atoms with Crippen LogP contribution in [0.25, 0.3) is 0 Å². The molecule has 0 radical (unpaired) electrons. The minimum Gasteiger partial charge on any atom is -0.480 e. The molecule has 0 bridgehead atoms. The van der Waals surface area contributed by atoms with Gasteiger partial charge in [-0.3, -0.25) is 19.3 Å². The largest absolute Gasteiger partial charge is 0.480 e. The Kier molecular flexibility index (Phi) is 6.51. The Morgan fingerprint density at radius 2 is 1.72 bits per heavy atom. The summed E-state index contributed by atoms with van der Waals surface area (Å²) >= 11 is 0. The number of nitrogens with one attached hydrogen (secondary N) is 2. The van der Waals surface area contributed by atoms with E-state index < -0.39 is 46.0 Å². The summed E-state index contributed by atoms with van der Waals surface area (Å²) in [7, 11) is 0. The summed E-state index contributed by atoms with van der Waals surface area (Å²) in [4.78, 5) is 38.2. The van der Waals surface area contributed by atoms with Gasteiger partial charge in [-0.1, -0.05) is 27.7 Å². The van der Waals surface area contributed by atoms with E-state index in [9.17, 15) is 28.3 Å². The smallest absolute Gasteiger partial charge is 0.320 e. The fourth-order valence-electron chi connectivity index (χ4n) is 4.70. The molecule has 3 aromatic rings. The molecule has 1 aliphatic heterocycles. The van der Waals surface area contributed by atoms with E-state index in [2.05, 4.69) is 10.6 Å². The molecule has 0 unspecified atom stereocenters. The summed E-state index contributed by atoms with van der Waals surface area (Å²) in [5.74, 6) is -1.53. The zero-order chi connectivity index (χ0) is 26.5. The monoisotopic (exact) mass is 501 g/mol. The van der Waals surface area contributed by atoms with Gasteiger partial charge in [0.25, 0.3) is 10.9 Å². The van der Waals surface area contributed by atoms with Crippen molar-refractivity contribution in [3.05, 3.63) is 72.9 Å². The predicted molar refractivity (Wildman–Crippen MR) is 131 cm³/mol. The molecule has 0 fully saturated rings. The van der Waals surface area contributed by atoms with Crippen LogP contribution in [0.4, 0.5) is 25.8 Å². The van der Waals surface area contributed by atoms with Gasteiger partial charge in [-0.25, -0.2) is 8.78 Å². The summed E-state index contributed by atoms with van der Waals surface area (Å²) in [6.07, 6.45) is 0.281. The molecule has 4 rings (SSSR count). The first-order valence-electron chi connectivity index (χ1n) is 11.7. The highest BCUT2D eigenvalue weighted by atomic mass is 19.1. The minimum absolute atomic E-state index is 0.0120. The maximum absolute atomic E-state index is 15.0. The quantitative estimate of drug-likeness (QED) is 0.385. The highest BCUT2D eigenvalue weighted by Gasteiger charge is 2.36. The van der Waals surface area contributed by atoms with E-state index in [-0.39, 0.29) is 47.7 Å². The zero-order valence-corrected chi connectivity index (χ0v) is 20.8. The molecule has 0 saturated carbocycles. The number of carbonyl (C=O) groups is 1. The molecule has 36 heavy (non-hydrogen) atoms. The van der Waals surface area contributed by atoms with Crippen LogP contribution < -0.4 is 21.5 Å². The van der Waals surface area contributed by atoms with Crippen LogP contribution in [0.1, 0.15) is 62.8 Å². The number of rotatable bonds is 8. The normalized spacial score (nSPS) is 15.6. The third-order valence-electron chi connectivity index (χ3n) is 6.64. The van der Waals surface area contributed by atoms with Crippen LogP contribution in [0.15, 0.2) is 32.2 Å². The Bertz CT molecular complexity index is 1400. The van der Waals surface area contributed by atoms with Crippen LogP contribution in [0.3, 0.4) is 0 Å². The van der Waals surface area contributed by atoms with Gasteiger partial charge in [0.15, 0.2) is 0 Å². The van der Waals surface area contributed by atoms with Gasteiger partial charge in [0.1, 0.15) is 40.6 Å². The van der Waals surface area contributed by atoms with Crippen molar-refractivity contribution in [1.82, 2.24) is 4.90 Å². The number of carboxylic acids is 1. The Morgan fingerprint density at radius 3 is 2.28 bits per heavy atom. The molecule has 3 N–H and O–H groups in total. The Balaban J connectivity index is 1.70. The van der Waals surface area contributed by atoms with E-state index in [1.165, 1.54) is 4.90 Å². The Hall–Kier alpha value is -3.53. The molecule has 10 heteroatoms. The highest BCUT2D eigenvalue weighted by Crippen LogP contribution is 2.40. The van der Waals surface area contributed by atoms with Crippen molar-refractivity contribution in [2.75, 3.05) is 10.6 Å². The summed E-state index contributed by atoms with van der Waals surface area (Å²) in [5.41, 5.74) is -1.92. The first kappa shape index (κ1) is 25.6. The number of anilines is 3. The Labute approximate surface area is 206 Å². The molecule has 2 heterocycles. The molecule has 1 aliphatic rings. The Morgan fingerprint density at radius 1 is 1.08 bits per heavy atom. The van der Waals surface area contributed by atoms with Gasteiger partial charge in [0.05, 0.1) is 11.7 Å². The number of furan rings is 1. The second kappa shape index (κ2) is 9.16.